The van der Waals surface area contributed by atoms with Crippen molar-refractivity contribution in [3.8, 4) is 0 Å². The molecule has 0 saturated heterocycles. The zero-order valence-corrected chi connectivity index (χ0v) is 11.0. The average molecular weight is 219 g/mol. The molecule has 0 aliphatic rings. The summed E-state index contributed by atoms with van der Waals surface area (Å²) in [5.41, 5.74) is 0. The van der Waals surface area contributed by atoms with E-state index in [4.69, 9.17) is 0 Å². The topological polar surface area (TPSA) is 17.1 Å². The molecular weight excluding hydrogens is 201 g/mol. The molecule has 0 aliphatic heterocycles. The Hall–Kier alpha value is 0.430. The summed E-state index contributed by atoms with van der Waals surface area (Å²) < 4.78 is 0.646. The van der Waals surface area contributed by atoms with Gasteiger partial charge in [0.05, 0.1) is 0 Å². The summed E-state index contributed by atoms with van der Waals surface area (Å²) in [6, 6.07) is 0. The van der Waals surface area contributed by atoms with Gasteiger partial charge in [0.25, 0.3) is 0 Å². The van der Waals surface area contributed by atoms with Gasteiger partial charge in [-0.1, -0.05) is 0 Å². The maximum absolute atomic E-state index is 11.6. The molecule has 10 heavy (non-hydrogen) atoms. The average Bonchev–Trinajstić information content (AvgIpc) is 1.59. The molecule has 0 N–H and O–H groups in total. The van der Waals surface area contributed by atoms with Gasteiger partial charge in [0, 0.05) is 0 Å². The molecule has 0 atom stereocenters. The number of carbonyl (C=O) groups excluding carboxylic acids is 1. The molecule has 0 fully saturated rings. The maximum atomic E-state index is 11.6. The zero-order valence-electron chi connectivity index (χ0n) is 7.91. The molecule has 0 rings (SSSR count). The van der Waals surface area contributed by atoms with Gasteiger partial charge in [0.15, 0.2) is 0 Å². The van der Waals surface area contributed by atoms with Crippen molar-refractivity contribution in [2.24, 2.45) is 0 Å². The Bertz CT molecular complexity index is 125. The Morgan fingerprint density at radius 3 is 1.40 bits per heavy atom. The van der Waals surface area contributed by atoms with E-state index in [1.54, 1.807) is 0 Å². The number of carbonyl (C=O) groups is 1. The normalized spacial score (nSPS) is 13.4. The van der Waals surface area contributed by atoms with E-state index in [0.717, 1.165) is 0 Å². The molecule has 60 valence electrons. The fraction of sp³-hybridized carbons (Fsp3) is 0.857. The molecular formula is C7H18GeOSi. The summed E-state index contributed by atoms with van der Waals surface area (Å²) in [4.78, 5) is 11.6. The number of rotatable bonds is 2. The van der Waals surface area contributed by atoms with Crippen molar-refractivity contribution in [2.45, 2.75) is 36.9 Å². The van der Waals surface area contributed by atoms with Crippen LogP contribution in [0.1, 0.15) is 0 Å². The van der Waals surface area contributed by atoms with E-state index in [-0.39, 0.29) is 0 Å². The minimum atomic E-state index is -1.94. The zero-order chi connectivity index (χ0) is 8.58. The third kappa shape index (κ3) is 3.01. The van der Waals surface area contributed by atoms with E-state index in [1.807, 2.05) is 0 Å². The van der Waals surface area contributed by atoms with E-state index in [9.17, 15) is 4.79 Å². The van der Waals surface area contributed by atoms with Crippen LogP contribution in [0.25, 0.3) is 0 Å². The summed E-state index contributed by atoms with van der Waals surface area (Å²) in [6.45, 7) is 6.43. The van der Waals surface area contributed by atoms with E-state index in [0.29, 0.717) is 4.24 Å². The van der Waals surface area contributed by atoms with Gasteiger partial charge in [-0.05, 0) is 0 Å². The Morgan fingerprint density at radius 2 is 1.40 bits per heavy atom. The van der Waals surface area contributed by atoms with Gasteiger partial charge in [-0.2, -0.15) is 0 Å². The van der Waals surface area contributed by atoms with E-state index < -0.39 is 21.3 Å². The van der Waals surface area contributed by atoms with Gasteiger partial charge in [-0.25, -0.2) is 0 Å². The van der Waals surface area contributed by atoms with Gasteiger partial charge >= 0.3 is 67.3 Å². The second-order valence-electron chi connectivity index (χ2n) is 4.83. The Kier molecular flexibility index (Phi) is 2.94. The monoisotopic (exact) mass is 220 g/mol. The molecule has 0 heterocycles. The SMILES string of the molecule is C[Si](C)(C)[C](=O)[Ge]([CH3])([CH3])[CH3]. The third-order valence-electron chi connectivity index (χ3n) is 1.36. The van der Waals surface area contributed by atoms with Crippen LogP contribution in [0, 0.1) is 0 Å². The van der Waals surface area contributed by atoms with Gasteiger partial charge in [-0.3, -0.25) is 0 Å². The van der Waals surface area contributed by atoms with Crippen molar-refractivity contribution in [3.05, 3.63) is 0 Å². The van der Waals surface area contributed by atoms with Crippen LogP contribution in [0.3, 0.4) is 0 Å². The Morgan fingerprint density at radius 1 is 1.10 bits per heavy atom. The van der Waals surface area contributed by atoms with E-state index >= 15 is 0 Å². The first kappa shape index (κ1) is 10.4. The molecule has 0 bridgehead atoms. The first-order valence-corrected chi connectivity index (χ1v) is 14.5. The summed E-state index contributed by atoms with van der Waals surface area (Å²) in [6.07, 6.45) is 0. The van der Waals surface area contributed by atoms with Crippen molar-refractivity contribution in [1.29, 1.82) is 0 Å². The van der Waals surface area contributed by atoms with Gasteiger partial charge in [0.2, 0.25) is 0 Å². The van der Waals surface area contributed by atoms with Crippen LogP contribution in [0.5, 0.6) is 0 Å². The molecule has 0 spiro atoms. The first-order valence-electron chi connectivity index (χ1n) is 3.70. The quantitative estimate of drug-likeness (QED) is 0.652. The van der Waals surface area contributed by atoms with Crippen molar-refractivity contribution in [3.63, 3.8) is 0 Å². The van der Waals surface area contributed by atoms with Crippen molar-refractivity contribution in [2.75, 3.05) is 0 Å². The van der Waals surface area contributed by atoms with Gasteiger partial charge in [0.1, 0.15) is 0 Å². The molecule has 0 aromatic heterocycles. The molecule has 0 radical (unpaired) electrons. The van der Waals surface area contributed by atoms with Crippen LogP contribution >= 0.6 is 0 Å². The molecule has 0 aromatic rings. The summed E-state index contributed by atoms with van der Waals surface area (Å²) in [7, 11) is -1.45. The fourth-order valence-electron chi connectivity index (χ4n) is 1.12. The molecule has 3 heteroatoms. The Balaban J connectivity index is 4.40. The van der Waals surface area contributed by atoms with Crippen molar-refractivity contribution >= 4 is 25.6 Å². The summed E-state index contributed by atoms with van der Waals surface area (Å²) >= 11 is -1.94. The second kappa shape index (κ2) is 2.81. The van der Waals surface area contributed by atoms with Crippen LogP contribution in [0.2, 0.25) is 36.9 Å². The summed E-state index contributed by atoms with van der Waals surface area (Å²) in [5, 5.41) is 0. The number of hydrogen-bond acceptors (Lipinski definition) is 1. The van der Waals surface area contributed by atoms with Crippen LogP contribution in [0.4, 0.5) is 4.79 Å². The predicted molar refractivity (Wildman–Crippen MR) is 52.1 cm³/mol. The predicted octanol–water partition coefficient (Wildman–Crippen LogP) is 2.95. The second-order valence-corrected chi connectivity index (χ2v) is 21.2. The molecule has 0 aromatic carbocycles. The number of hydrogen-bond donors (Lipinski definition) is 0. The van der Waals surface area contributed by atoms with Crippen molar-refractivity contribution in [1.82, 2.24) is 0 Å². The molecule has 0 unspecified atom stereocenters. The van der Waals surface area contributed by atoms with Crippen molar-refractivity contribution < 1.29 is 4.79 Å². The minimum absolute atomic E-state index is 0.646. The standard InChI is InChI=1S/C7H18GeOSi/c1-8(2,3)7(9)10(4,5)6/h1-6H3. The van der Waals surface area contributed by atoms with E-state index in [2.05, 4.69) is 36.9 Å². The van der Waals surface area contributed by atoms with E-state index in [1.165, 1.54) is 0 Å². The van der Waals surface area contributed by atoms with Crippen LogP contribution < -0.4 is 0 Å². The molecule has 0 saturated carbocycles. The first-order chi connectivity index (χ1) is 4.15. The molecule has 1 nitrogen and oxygen atoms in total. The molecule has 0 aliphatic carbocycles. The summed E-state index contributed by atoms with van der Waals surface area (Å²) in [5.74, 6) is 6.54. The van der Waals surface area contributed by atoms with Crippen LogP contribution in [-0.4, -0.2) is 25.6 Å². The third-order valence-corrected chi connectivity index (χ3v) is 14.2. The van der Waals surface area contributed by atoms with Gasteiger partial charge < -0.3 is 0 Å². The van der Waals surface area contributed by atoms with Crippen LogP contribution in [0.15, 0.2) is 0 Å². The fourth-order valence-corrected chi connectivity index (χ4v) is 17.5. The molecule has 0 amide bonds. The van der Waals surface area contributed by atoms with Crippen LogP contribution in [-0.2, 0) is 0 Å². The van der Waals surface area contributed by atoms with Gasteiger partial charge in [-0.15, -0.1) is 0 Å². The Labute approximate surface area is 67.6 Å².